The number of carbonyl (C=O) groups is 2. The summed E-state index contributed by atoms with van der Waals surface area (Å²) in [6.07, 6.45) is 2.97. The molecule has 0 saturated heterocycles. The molecule has 5 nitrogen and oxygen atoms in total. The van der Waals surface area contributed by atoms with Crippen LogP contribution in [0.3, 0.4) is 0 Å². The molecule has 0 aliphatic heterocycles. The molecular weight excluding hydrogens is 341 g/mol. The monoisotopic (exact) mass is 357 g/mol. The number of rotatable bonds is 4. The summed E-state index contributed by atoms with van der Waals surface area (Å²) in [5.74, 6) is -1.11. The molecule has 2 aromatic carbocycles. The molecule has 0 aliphatic rings. The van der Waals surface area contributed by atoms with E-state index in [0.29, 0.717) is 5.56 Å². The van der Waals surface area contributed by atoms with E-state index in [-0.39, 0.29) is 23.3 Å². The molecule has 2 amide bonds. The molecule has 2 rings (SSSR count). The van der Waals surface area contributed by atoms with Crippen LogP contribution in [0.2, 0.25) is 0 Å². The molecule has 0 saturated carbocycles. The highest BCUT2D eigenvalue weighted by atomic mass is 32.1. The average Bonchev–Trinajstić information content (AvgIpc) is 2.60. The molecule has 128 valence electrons. The zero-order valence-electron chi connectivity index (χ0n) is 13.2. The van der Waals surface area contributed by atoms with Crippen LogP contribution in [0.25, 0.3) is 6.08 Å². The van der Waals surface area contributed by atoms with E-state index < -0.39 is 5.91 Å². The van der Waals surface area contributed by atoms with Gasteiger partial charge in [0.15, 0.2) is 5.11 Å². The molecule has 0 atom stereocenters. The van der Waals surface area contributed by atoms with E-state index in [2.05, 4.69) is 16.2 Å². The molecule has 0 unspecified atom stereocenters. The summed E-state index contributed by atoms with van der Waals surface area (Å²) in [5, 5.41) is 2.35. The number of hydrogen-bond donors (Lipinski definition) is 3. The zero-order valence-corrected chi connectivity index (χ0v) is 14.0. The van der Waals surface area contributed by atoms with E-state index in [1.54, 1.807) is 12.1 Å². The normalized spacial score (nSPS) is 10.3. The predicted octanol–water partition coefficient (Wildman–Crippen LogP) is 2.10. The molecule has 0 heterocycles. The quantitative estimate of drug-likeness (QED) is 0.445. The minimum absolute atomic E-state index is 0.0323. The van der Waals surface area contributed by atoms with E-state index in [4.69, 9.17) is 12.2 Å². The number of carbonyl (C=O) groups excluding carboxylic acids is 2. The van der Waals surface area contributed by atoms with Crippen LogP contribution in [0.4, 0.5) is 4.39 Å². The largest absolute Gasteiger partial charge is 0.298 e. The zero-order chi connectivity index (χ0) is 18.1. The van der Waals surface area contributed by atoms with Crippen LogP contribution in [0, 0.1) is 5.82 Å². The van der Waals surface area contributed by atoms with Gasteiger partial charge in [-0.1, -0.05) is 42.5 Å². The van der Waals surface area contributed by atoms with Crippen LogP contribution in [-0.4, -0.2) is 16.9 Å². The Morgan fingerprint density at radius 2 is 1.68 bits per heavy atom. The van der Waals surface area contributed by atoms with Gasteiger partial charge >= 0.3 is 0 Å². The van der Waals surface area contributed by atoms with Gasteiger partial charge in [0.1, 0.15) is 5.82 Å². The Morgan fingerprint density at radius 1 is 1.00 bits per heavy atom. The van der Waals surface area contributed by atoms with Crippen LogP contribution >= 0.6 is 12.2 Å². The van der Waals surface area contributed by atoms with Gasteiger partial charge in [0, 0.05) is 6.08 Å². The van der Waals surface area contributed by atoms with E-state index >= 15 is 0 Å². The fourth-order valence-electron chi connectivity index (χ4n) is 1.88. The van der Waals surface area contributed by atoms with Gasteiger partial charge in [-0.05, 0) is 41.6 Å². The maximum atomic E-state index is 12.8. The third-order valence-electron chi connectivity index (χ3n) is 3.06. The van der Waals surface area contributed by atoms with E-state index in [1.807, 2.05) is 30.3 Å². The van der Waals surface area contributed by atoms with E-state index in [1.165, 1.54) is 24.3 Å². The van der Waals surface area contributed by atoms with Crippen LogP contribution < -0.4 is 16.2 Å². The van der Waals surface area contributed by atoms with Gasteiger partial charge in [0.25, 0.3) is 0 Å². The van der Waals surface area contributed by atoms with E-state index in [9.17, 15) is 14.0 Å². The van der Waals surface area contributed by atoms with Gasteiger partial charge in [0.05, 0.1) is 6.42 Å². The molecule has 0 spiro atoms. The maximum Gasteiger partial charge on any atom is 0.250 e. The molecule has 0 aromatic heterocycles. The van der Waals surface area contributed by atoms with Crippen molar-refractivity contribution in [1.29, 1.82) is 0 Å². The van der Waals surface area contributed by atoms with Gasteiger partial charge in [0.2, 0.25) is 11.8 Å². The minimum atomic E-state index is -0.473. The Bertz CT molecular complexity index is 777. The van der Waals surface area contributed by atoms with Crippen LogP contribution in [0.1, 0.15) is 11.1 Å². The lowest BCUT2D eigenvalue weighted by molar-refractivity contribution is -0.121. The fraction of sp³-hybridized carbons (Fsp3) is 0.0556. The second kappa shape index (κ2) is 9.29. The number of halogens is 1. The van der Waals surface area contributed by atoms with E-state index in [0.717, 1.165) is 5.56 Å². The summed E-state index contributed by atoms with van der Waals surface area (Å²) in [5.41, 5.74) is 6.39. The van der Waals surface area contributed by atoms with Crippen molar-refractivity contribution in [2.24, 2.45) is 0 Å². The first-order valence-electron chi connectivity index (χ1n) is 7.40. The lowest BCUT2D eigenvalue weighted by Gasteiger charge is -2.09. The molecule has 3 N–H and O–H groups in total. The Kier molecular flexibility index (Phi) is 6.79. The molecule has 0 radical (unpaired) electrons. The summed E-state index contributed by atoms with van der Waals surface area (Å²) in [6.45, 7) is 0. The average molecular weight is 357 g/mol. The maximum absolute atomic E-state index is 12.8. The molecule has 2 aromatic rings. The Hall–Kier alpha value is -3.06. The molecule has 0 fully saturated rings. The Morgan fingerprint density at radius 3 is 2.36 bits per heavy atom. The van der Waals surface area contributed by atoms with Crippen molar-refractivity contribution in [3.63, 3.8) is 0 Å². The number of benzene rings is 2. The van der Waals surface area contributed by atoms with Crippen LogP contribution in [0.15, 0.2) is 60.7 Å². The highest BCUT2D eigenvalue weighted by molar-refractivity contribution is 7.80. The molecule has 0 bridgehead atoms. The van der Waals surface area contributed by atoms with Crippen molar-refractivity contribution in [3.8, 4) is 0 Å². The Labute approximate surface area is 149 Å². The molecular formula is C18H16FN3O2S. The standard InChI is InChI=1S/C18H16FN3O2S/c19-15-9-6-13(7-10-15)8-11-16(23)20-18(25)22-21-17(24)12-14-4-2-1-3-5-14/h1-11H,12H2,(H,21,24)(H2,20,22,23,25)/b11-8+. The van der Waals surface area contributed by atoms with Crippen molar-refractivity contribution >= 4 is 35.2 Å². The van der Waals surface area contributed by atoms with Gasteiger partial charge in [-0.2, -0.15) is 0 Å². The first-order chi connectivity index (χ1) is 12.0. The summed E-state index contributed by atoms with van der Waals surface area (Å²) in [7, 11) is 0. The summed E-state index contributed by atoms with van der Waals surface area (Å²) in [4.78, 5) is 23.5. The molecule has 25 heavy (non-hydrogen) atoms. The SMILES string of the molecule is O=C(/C=C/c1ccc(F)cc1)NC(=S)NNC(=O)Cc1ccccc1. The first kappa shape index (κ1) is 18.3. The summed E-state index contributed by atoms with van der Waals surface area (Å²) in [6, 6.07) is 14.9. The highest BCUT2D eigenvalue weighted by Crippen LogP contribution is 2.04. The number of nitrogens with one attached hydrogen (secondary N) is 3. The van der Waals surface area contributed by atoms with Crippen molar-refractivity contribution in [3.05, 3.63) is 77.6 Å². The number of hydrogen-bond acceptors (Lipinski definition) is 3. The van der Waals surface area contributed by atoms with Crippen molar-refractivity contribution in [2.75, 3.05) is 0 Å². The first-order valence-corrected chi connectivity index (χ1v) is 7.81. The van der Waals surface area contributed by atoms with Gasteiger partial charge in [-0.15, -0.1) is 0 Å². The minimum Gasteiger partial charge on any atom is -0.298 e. The lowest BCUT2D eigenvalue weighted by atomic mass is 10.1. The second-order valence-corrected chi connectivity index (χ2v) is 5.45. The lowest BCUT2D eigenvalue weighted by Crippen LogP contribution is -2.48. The highest BCUT2D eigenvalue weighted by Gasteiger charge is 2.05. The van der Waals surface area contributed by atoms with Crippen molar-refractivity contribution in [2.45, 2.75) is 6.42 Å². The number of thiocarbonyl (C=S) groups is 1. The molecule has 7 heteroatoms. The number of hydrazine groups is 1. The fourth-order valence-corrected chi connectivity index (χ4v) is 2.03. The van der Waals surface area contributed by atoms with Gasteiger partial charge in [-0.25, -0.2) is 4.39 Å². The smallest absolute Gasteiger partial charge is 0.250 e. The second-order valence-electron chi connectivity index (χ2n) is 5.04. The number of amides is 2. The predicted molar refractivity (Wildman–Crippen MR) is 97.6 cm³/mol. The summed E-state index contributed by atoms with van der Waals surface area (Å²) >= 11 is 4.92. The molecule has 0 aliphatic carbocycles. The van der Waals surface area contributed by atoms with Crippen molar-refractivity contribution in [1.82, 2.24) is 16.2 Å². The van der Waals surface area contributed by atoms with Crippen LogP contribution in [0.5, 0.6) is 0 Å². The Balaban J connectivity index is 1.73. The summed E-state index contributed by atoms with van der Waals surface area (Å²) < 4.78 is 12.8. The van der Waals surface area contributed by atoms with Gasteiger partial charge in [-0.3, -0.25) is 25.8 Å². The topological polar surface area (TPSA) is 70.2 Å². The third-order valence-corrected chi connectivity index (χ3v) is 3.26. The van der Waals surface area contributed by atoms with Crippen molar-refractivity contribution < 1.29 is 14.0 Å². The van der Waals surface area contributed by atoms with Crippen LogP contribution in [-0.2, 0) is 16.0 Å². The van der Waals surface area contributed by atoms with Gasteiger partial charge < -0.3 is 0 Å². The third kappa shape index (κ3) is 6.92.